The van der Waals surface area contributed by atoms with Crippen LogP contribution >= 0.6 is 0 Å². The molecule has 110 valence electrons. The van der Waals surface area contributed by atoms with Crippen LogP contribution in [0.25, 0.3) is 0 Å². The Hall–Kier alpha value is -0.660. The largest absolute Gasteiger partial charge is 0.339 e. The highest BCUT2D eigenvalue weighted by atomic mass is 32.2. The lowest BCUT2D eigenvalue weighted by molar-refractivity contribution is -0.134. The average Bonchev–Trinajstić information content (AvgIpc) is 2.91. The summed E-state index contributed by atoms with van der Waals surface area (Å²) in [6.45, 7) is 6.12. The minimum atomic E-state index is -3.19. The van der Waals surface area contributed by atoms with Crippen molar-refractivity contribution in [3.05, 3.63) is 0 Å². The summed E-state index contributed by atoms with van der Waals surface area (Å²) >= 11 is 0. The number of carbonyl (C=O) groups excluding carboxylic acids is 1. The molecule has 2 heterocycles. The van der Waals surface area contributed by atoms with Gasteiger partial charge in [-0.25, -0.2) is 8.42 Å². The molecule has 1 atom stereocenters. The lowest BCUT2D eigenvalue weighted by atomic mass is 10.2. The number of nitrogens with zero attached hydrogens (tertiary/aromatic N) is 2. The molecule has 0 radical (unpaired) electrons. The van der Waals surface area contributed by atoms with E-state index < -0.39 is 15.3 Å². The second-order valence-electron chi connectivity index (χ2n) is 5.47. The zero-order valence-electron chi connectivity index (χ0n) is 11.6. The van der Waals surface area contributed by atoms with E-state index in [4.69, 9.17) is 0 Å². The summed E-state index contributed by atoms with van der Waals surface area (Å²) in [4.78, 5) is 14.0. The van der Waals surface area contributed by atoms with Crippen LogP contribution < -0.4 is 5.32 Å². The SMILES string of the molecule is CC(C)S(=O)(=O)N1CCN(C(=O)[C@@H]2CCCN2)CC1. The molecule has 0 bridgehead atoms. The number of sulfonamides is 1. The lowest BCUT2D eigenvalue weighted by Crippen LogP contribution is -2.55. The first-order chi connectivity index (χ1) is 8.93. The number of carbonyl (C=O) groups is 1. The summed E-state index contributed by atoms with van der Waals surface area (Å²) in [5.41, 5.74) is 0. The van der Waals surface area contributed by atoms with Crippen molar-refractivity contribution in [3.63, 3.8) is 0 Å². The molecule has 0 saturated carbocycles. The molecule has 2 saturated heterocycles. The zero-order chi connectivity index (χ0) is 14.0. The molecular formula is C12H23N3O3S. The van der Waals surface area contributed by atoms with Crippen LogP contribution in [0, 0.1) is 0 Å². The molecular weight excluding hydrogens is 266 g/mol. The molecule has 0 aliphatic carbocycles. The Morgan fingerprint density at radius 2 is 1.84 bits per heavy atom. The van der Waals surface area contributed by atoms with E-state index in [9.17, 15) is 13.2 Å². The molecule has 6 nitrogen and oxygen atoms in total. The Morgan fingerprint density at radius 1 is 1.21 bits per heavy atom. The average molecular weight is 289 g/mol. The number of rotatable bonds is 3. The van der Waals surface area contributed by atoms with Gasteiger partial charge in [0.2, 0.25) is 15.9 Å². The zero-order valence-corrected chi connectivity index (χ0v) is 12.4. The predicted octanol–water partition coefficient (Wildman–Crippen LogP) is -0.379. The Labute approximate surface area is 115 Å². The van der Waals surface area contributed by atoms with E-state index in [1.165, 1.54) is 4.31 Å². The fraction of sp³-hybridized carbons (Fsp3) is 0.917. The summed E-state index contributed by atoms with van der Waals surface area (Å²) in [6, 6.07) is -0.0618. The van der Waals surface area contributed by atoms with Crippen LogP contribution in [0.3, 0.4) is 0 Å². The molecule has 2 aliphatic heterocycles. The predicted molar refractivity (Wildman–Crippen MR) is 73.2 cm³/mol. The first-order valence-corrected chi connectivity index (χ1v) is 8.44. The number of hydrogen-bond donors (Lipinski definition) is 1. The van der Waals surface area contributed by atoms with E-state index in [0.29, 0.717) is 26.2 Å². The van der Waals surface area contributed by atoms with Crippen molar-refractivity contribution in [2.45, 2.75) is 38.0 Å². The van der Waals surface area contributed by atoms with Crippen LogP contribution in [0.15, 0.2) is 0 Å². The lowest BCUT2D eigenvalue weighted by Gasteiger charge is -2.36. The Balaban J connectivity index is 1.90. The van der Waals surface area contributed by atoms with Gasteiger partial charge in [-0.3, -0.25) is 4.79 Å². The topological polar surface area (TPSA) is 69.7 Å². The summed E-state index contributed by atoms with van der Waals surface area (Å²) in [7, 11) is -3.19. The molecule has 7 heteroatoms. The summed E-state index contributed by atoms with van der Waals surface area (Å²) in [6.07, 6.45) is 1.93. The van der Waals surface area contributed by atoms with E-state index in [1.807, 2.05) is 0 Å². The third kappa shape index (κ3) is 3.09. The van der Waals surface area contributed by atoms with Crippen molar-refractivity contribution >= 4 is 15.9 Å². The molecule has 0 aromatic heterocycles. The second kappa shape index (κ2) is 5.76. The second-order valence-corrected chi connectivity index (χ2v) is 7.96. The monoisotopic (exact) mass is 289 g/mol. The Morgan fingerprint density at radius 3 is 2.32 bits per heavy atom. The van der Waals surface area contributed by atoms with Gasteiger partial charge in [-0.1, -0.05) is 0 Å². The smallest absolute Gasteiger partial charge is 0.239 e. The molecule has 2 aliphatic rings. The normalized spacial score (nSPS) is 26.1. The number of amides is 1. The maximum atomic E-state index is 12.2. The molecule has 0 unspecified atom stereocenters. The van der Waals surface area contributed by atoms with Crippen molar-refractivity contribution in [1.29, 1.82) is 0 Å². The number of hydrogen-bond acceptors (Lipinski definition) is 4. The first-order valence-electron chi connectivity index (χ1n) is 6.94. The molecule has 0 aromatic rings. The molecule has 19 heavy (non-hydrogen) atoms. The maximum Gasteiger partial charge on any atom is 0.239 e. The third-order valence-corrected chi connectivity index (χ3v) is 6.14. The molecule has 0 aromatic carbocycles. The van der Waals surface area contributed by atoms with Gasteiger partial charge in [0.05, 0.1) is 11.3 Å². The van der Waals surface area contributed by atoms with Crippen LogP contribution in [0.1, 0.15) is 26.7 Å². The molecule has 2 fully saturated rings. The van der Waals surface area contributed by atoms with Crippen molar-refractivity contribution < 1.29 is 13.2 Å². The van der Waals surface area contributed by atoms with E-state index in [2.05, 4.69) is 5.32 Å². The molecule has 0 spiro atoms. The van der Waals surface area contributed by atoms with Gasteiger partial charge in [0, 0.05) is 26.2 Å². The van der Waals surface area contributed by atoms with Crippen molar-refractivity contribution in [3.8, 4) is 0 Å². The fourth-order valence-electron chi connectivity index (χ4n) is 2.58. The highest BCUT2D eigenvalue weighted by Gasteiger charge is 2.33. The van der Waals surface area contributed by atoms with Crippen LogP contribution in [0.4, 0.5) is 0 Å². The minimum absolute atomic E-state index is 0.0618. The van der Waals surface area contributed by atoms with Crippen molar-refractivity contribution in [1.82, 2.24) is 14.5 Å². The van der Waals surface area contributed by atoms with Gasteiger partial charge in [0.1, 0.15) is 0 Å². The molecule has 1 N–H and O–H groups in total. The molecule has 2 rings (SSSR count). The van der Waals surface area contributed by atoms with Crippen LogP contribution in [-0.2, 0) is 14.8 Å². The van der Waals surface area contributed by atoms with Gasteiger partial charge in [-0.2, -0.15) is 4.31 Å². The van der Waals surface area contributed by atoms with Crippen molar-refractivity contribution in [2.75, 3.05) is 32.7 Å². The van der Waals surface area contributed by atoms with Gasteiger partial charge in [-0.15, -0.1) is 0 Å². The van der Waals surface area contributed by atoms with E-state index in [1.54, 1.807) is 18.7 Å². The van der Waals surface area contributed by atoms with Gasteiger partial charge in [-0.05, 0) is 33.2 Å². The fourth-order valence-corrected chi connectivity index (χ4v) is 3.85. The van der Waals surface area contributed by atoms with Crippen molar-refractivity contribution in [2.24, 2.45) is 0 Å². The summed E-state index contributed by atoms with van der Waals surface area (Å²) in [5.74, 6) is 0.124. The standard InChI is InChI=1S/C12H23N3O3S/c1-10(2)19(17,18)15-8-6-14(7-9-15)12(16)11-4-3-5-13-11/h10-11,13H,3-9H2,1-2H3/t11-/m0/s1. The van der Waals surface area contributed by atoms with E-state index in [-0.39, 0.29) is 11.9 Å². The third-order valence-electron chi connectivity index (χ3n) is 3.86. The Bertz CT molecular complexity index is 422. The number of nitrogens with one attached hydrogen (secondary N) is 1. The quantitative estimate of drug-likeness (QED) is 0.769. The van der Waals surface area contributed by atoms with Crippen LogP contribution in [0.2, 0.25) is 0 Å². The highest BCUT2D eigenvalue weighted by Crippen LogP contribution is 2.15. The van der Waals surface area contributed by atoms with E-state index >= 15 is 0 Å². The molecule has 1 amide bonds. The van der Waals surface area contributed by atoms with Gasteiger partial charge in [0.15, 0.2) is 0 Å². The van der Waals surface area contributed by atoms with Gasteiger partial charge in [0.25, 0.3) is 0 Å². The van der Waals surface area contributed by atoms with Gasteiger partial charge < -0.3 is 10.2 Å². The first kappa shape index (κ1) is 14.7. The summed E-state index contributed by atoms with van der Waals surface area (Å²) < 4.78 is 25.6. The maximum absolute atomic E-state index is 12.2. The minimum Gasteiger partial charge on any atom is -0.339 e. The van der Waals surface area contributed by atoms with Crippen LogP contribution in [-0.4, -0.2) is 67.5 Å². The Kier molecular flexibility index (Phi) is 4.47. The van der Waals surface area contributed by atoms with Gasteiger partial charge >= 0.3 is 0 Å². The van der Waals surface area contributed by atoms with E-state index in [0.717, 1.165) is 19.4 Å². The number of piperazine rings is 1. The van der Waals surface area contributed by atoms with Crippen LogP contribution in [0.5, 0.6) is 0 Å². The summed E-state index contributed by atoms with van der Waals surface area (Å²) in [5, 5.41) is 2.79. The highest BCUT2D eigenvalue weighted by molar-refractivity contribution is 7.89.